The van der Waals surface area contributed by atoms with E-state index in [2.05, 4.69) is 67.3 Å². The van der Waals surface area contributed by atoms with Crippen LogP contribution in [0.1, 0.15) is 37.8 Å². The molecule has 0 amide bonds. The first-order valence-electron chi connectivity index (χ1n) is 8.68. The first kappa shape index (κ1) is 16.7. The van der Waals surface area contributed by atoms with Gasteiger partial charge in [0.25, 0.3) is 0 Å². The van der Waals surface area contributed by atoms with Crippen molar-refractivity contribution < 1.29 is 9.90 Å². The topological polar surface area (TPSA) is 40.5 Å². The summed E-state index contributed by atoms with van der Waals surface area (Å²) in [6.45, 7) is 4.42. The van der Waals surface area contributed by atoms with Crippen LogP contribution < -0.4 is 0 Å². The minimum absolute atomic E-state index is 0.0983. The van der Waals surface area contributed by atoms with Gasteiger partial charge < -0.3 is 5.11 Å². The molecule has 3 rings (SSSR count). The maximum Gasteiger partial charge on any atom is 0.317 e. The molecule has 1 saturated heterocycles. The fourth-order valence-corrected chi connectivity index (χ4v) is 4.57. The molecule has 126 valence electrons. The van der Waals surface area contributed by atoms with E-state index in [1.54, 1.807) is 0 Å². The van der Waals surface area contributed by atoms with Crippen LogP contribution in [0.15, 0.2) is 60.7 Å². The fraction of sp³-hybridized carbons (Fsp3) is 0.381. The Morgan fingerprint density at radius 2 is 1.58 bits per heavy atom. The molecule has 2 atom stereocenters. The number of carbonyl (C=O) groups is 1. The summed E-state index contributed by atoms with van der Waals surface area (Å²) >= 11 is 0. The van der Waals surface area contributed by atoms with Gasteiger partial charge in [-0.1, -0.05) is 67.6 Å². The van der Waals surface area contributed by atoms with Gasteiger partial charge in [-0.15, -0.1) is 0 Å². The molecule has 2 aromatic rings. The zero-order valence-electron chi connectivity index (χ0n) is 14.4. The van der Waals surface area contributed by atoms with Crippen LogP contribution in [0.25, 0.3) is 0 Å². The smallest absolute Gasteiger partial charge is 0.317 e. The average Bonchev–Trinajstić information content (AvgIpc) is 2.89. The second kappa shape index (κ2) is 6.78. The van der Waals surface area contributed by atoms with Gasteiger partial charge >= 0.3 is 5.97 Å². The number of aliphatic carboxylic acids is 1. The van der Waals surface area contributed by atoms with Gasteiger partial charge in [0, 0.05) is 17.5 Å². The summed E-state index contributed by atoms with van der Waals surface area (Å²) in [5.41, 5.74) is 2.40. The standard InChI is InChI=1S/C21H25NO2/c1-3-19-21(17-10-6-4-7-11-17,18-12-8-5-9-13-18)14-16(2)22(19)15-20(23)24/h4-13,16,19H,3,14-15H2,1-2H3,(H,23,24). The molecule has 1 aliphatic heterocycles. The van der Waals surface area contributed by atoms with E-state index in [0.717, 1.165) is 12.8 Å². The molecule has 1 heterocycles. The fourth-order valence-electron chi connectivity index (χ4n) is 4.57. The zero-order chi connectivity index (χ0) is 17.2. The van der Waals surface area contributed by atoms with Crippen molar-refractivity contribution >= 4 is 5.97 Å². The Bertz CT molecular complexity index is 644. The highest BCUT2D eigenvalue weighted by molar-refractivity contribution is 5.69. The number of nitrogens with zero attached hydrogens (tertiary/aromatic N) is 1. The Labute approximate surface area is 143 Å². The lowest BCUT2D eigenvalue weighted by Crippen LogP contribution is -2.45. The number of hydrogen-bond donors (Lipinski definition) is 1. The number of benzene rings is 2. The molecule has 3 heteroatoms. The zero-order valence-corrected chi connectivity index (χ0v) is 14.4. The van der Waals surface area contributed by atoms with Crippen LogP contribution in [0.5, 0.6) is 0 Å². The summed E-state index contributed by atoms with van der Waals surface area (Å²) in [5, 5.41) is 9.37. The average molecular weight is 323 g/mol. The van der Waals surface area contributed by atoms with Gasteiger partial charge in [0.2, 0.25) is 0 Å². The second-order valence-corrected chi connectivity index (χ2v) is 6.75. The van der Waals surface area contributed by atoms with Crippen molar-refractivity contribution in [2.45, 2.75) is 44.2 Å². The highest BCUT2D eigenvalue weighted by Gasteiger charge is 2.52. The summed E-state index contributed by atoms with van der Waals surface area (Å²) in [4.78, 5) is 13.6. The molecule has 2 aromatic carbocycles. The van der Waals surface area contributed by atoms with Crippen molar-refractivity contribution in [2.75, 3.05) is 6.54 Å². The first-order chi connectivity index (χ1) is 11.6. The summed E-state index contributed by atoms with van der Waals surface area (Å²) in [6.07, 6.45) is 1.86. The van der Waals surface area contributed by atoms with Crippen LogP contribution >= 0.6 is 0 Å². The lowest BCUT2D eigenvalue weighted by Gasteiger charge is -2.39. The van der Waals surface area contributed by atoms with Crippen LogP contribution in [0, 0.1) is 0 Å². The van der Waals surface area contributed by atoms with E-state index in [9.17, 15) is 9.90 Å². The minimum atomic E-state index is -0.753. The quantitative estimate of drug-likeness (QED) is 0.906. The molecule has 0 bridgehead atoms. The monoisotopic (exact) mass is 323 g/mol. The molecule has 1 N–H and O–H groups in total. The normalized spacial score (nSPS) is 23.2. The number of hydrogen-bond acceptors (Lipinski definition) is 2. The van der Waals surface area contributed by atoms with Gasteiger partial charge in [0.15, 0.2) is 0 Å². The van der Waals surface area contributed by atoms with Gasteiger partial charge in [-0.3, -0.25) is 9.69 Å². The van der Waals surface area contributed by atoms with Crippen molar-refractivity contribution in [3.05, 3.63) is 71.8 Å². The van der Waals surface area contributed by atoms with Crippen LogP contribution in [0.3, 0.4) is 0 Å². The van der Waals surface area contributed by atoms with Crippen molar-refractivity contribution in [2.24, 2.45) is 0 Å². The van der Waals surface area contributed by atoms with E-state index < -0.39 is 5.97 Å². The number of carboxylic acids is 1. The van der Waals surface area contributed by atoms with E-state index in [4.69, 9.17) is 0 Å². The Morgan fingerprint density at radius 3 is 2.00 bits per heavy atom. The molecule has 0 aromatic heterocycles. The summed E-state index contributed by atoms with van der Waals surface area (Å²) < 4.78 is 0. The number of carboxylic acid groups (broad SMARTS) is 1. The van der Waals surface area contributed by atoms with Crippen LogP contribution in [0.4, 0.5) is 0 Å². The van der Waals surface area contributed by atoms with Crippen molar-refractivity contribution in [1.82, 2.24) is 4.90 Å². The number of likely N-dealkylation sites (tertiary alicyclic amines) is 1. The maximum atomic E-state index is 11.4. The van der Waals surface area contributed by atoms with E-state index in [0.29, 0.717) is 0 Å². The summed E-state index contributed by atoms with van der Waals surface area (Å²) in [6, 6.07) is 21.6. The molecule has 1 aliphatic rings. The highest BCUT2D eigenvalue weighted by Crippen LogP contribution is 2.49. The Hall–Kier alpha value is -2.13. The van der Waals surface area contributed by atoms with Crippen LogP contribution in [-0.2, 0) is 10.2 Å². The molecule has 2 unspecified atom stereocenters. The van der Waals surface area contributed by atoms with E-state index in [1.807, 2.05) is 12.1 Å². The van der Waals surface area contributed by atoms with Gasteiger partial charge in [0.1, 0.15) is 0 Å². The SMILES string of the molecule is CCC1N(CC(=O)O)C(C)CC1(c1ccccc1)c1ccccc1. The van der Waals surface area contributed by atoms with E-state index >= 15 is 0 Å². The Balaban J connectivity index is 2.17. The van der Waals surface area contributed by atoms with E-state index in [-0.39, 0.29) is 24.0 Å². The Morgan fingerprint density at radius 1 is 1.08 bits per heavy atom. The molecular formula is C21H25NO2. The maximum absolute atomic E-state index is 11.4. The lowest BCUT2D eigenvalue weighted by atomic mass is 9.68. The van der Waals surface area contributed by atoms with Crippen molar-refractivity contribution in [1.29, 1.82) is 0 Å². The van der Waals surface area contributed by atoms with Crippen LogP contribution in [-0.4, -0.2) is 34.6 Å². The molecule has 3 nitrogen and oxygen atoms in total. The van der Waals surface area contributed by atoms with Gasteiger partial charge in [-0.25, -0.2) is 0 Å². The molecule has 0 aliphatic carbocycles. The van der Waals surface area contributed by atoms with Crippen LogP contribution in [0.2, 0.25) is 0 Å². The van der Waals surface area contributed by atoms with Gasteiger partial charge in [-0.2, -0.15) is 0 Å². The summed E-state index contributed by atoms with van der Waals surface area (Å²) in [7, 11) is 0. The molecule has 1 fully saturated rings. The van der Waals surface area contributed by atoms with E-state index in [1.165, 1.54) is 11.1 Å². The summed E-state index contributed by atoms with van der Waals surface area (Å²) in [5.74, 6) is -0.753. The Kier molecular flexibility index (Phi) is 4.72. The molecular weight excluding hydrogens is 298 g/mol. The molecule has 0 spiro atoms. The molecule has 0 radical (unpaired) electrons. The number of rotatable bonds is 5. The van der Waals surface area contributed by atoms with Gasteiger partial charge in [0.05, 0.1) is 6.54 Å². The lowest BCUT2D eigenvalue weighted by molar-refractivity contribution is -0.139. The first-order valence-corrected chi connectivity index (χ1v) is 8.68. The van der Waals surface area contributed by atoms with Crippen molar-refractivity contribution in [3.63, 3.8) is 0 Å². The third kappa shape index (κ3) is 2.73. The molecule has 24 heavy (non-hydrogen) atoms. The second-order valence-electron chi connectivity index (χ2n) is 6.75. The third-order valence-corrected chi connectivity index (χ3v) is 5.44. The molecule has 0 saturated carbocycles. The largest absolute Gasteiger partial charge is 0.480 e. The predicted molar refractivity (Wildman–Crippen MR) is 96.2 cm³/mol. The van der Waals surface area contributed by atoms with Gasteiger partial charge in [-0.05, 0) is 30.9 Å². The predicted octanol–water partition coefficient (Wildman–Crippen LogP) is 3.93. The third-order valence-electron chi connectivity index (χ3n) is 5.44. The van der Waals surface area contributed by atoms with Crippen molar-refractivity contribution in [3.8, 4) is 0 Å². The highest BCUT2D eigenvalue weighted by atomic mass is 16.4. The minimum Gasteiger partial charge on any atom is -0.480 e.